The SMILES string of the molecule is COc1ccc(CNC(=O)c2cc3c(=O)n(CC=C(C)C)c(=O)n(C)c3s2)cc1. The predicted molar refractivity (Wildman–Crippen MR) is 115 cm³/mol. The largest absolute Gasteiger partial charge is 0.497 e. The predicted octanol–water partition coefficient (Wildman–Crippen LogP) is 2.67. The van der Waals surface area contributed by atoms with Crippen LogP contribution in [0.15, 0.2) is 51.6 Å². The molecule has 7 nitrogen and oxygen atoms in total. The van der Waals surface area contributed by atoms with Gasteiger partial charge in [0.1, 0.15) is 10.6 Å². The smallest absolute Gasteiger partial charge is 0.332 e. The molecule has 2 aromatic heterocycles. The fourth-order valence-electron chi connectivity index (χ4n) is 2.84. The van der Waals surface area contributed by atoms with Gasteiger partial charge in [0.15, 0.2) is 0 Å². The van der Waals surface area contributed by atoms with Crippen LogP contribution < -0.4 is 21.3 Å². The Morgan fingerprint density at radius 3 is 2.52 bits per heavy atom. The van der Waals surface area contributed by atoms with Crippen molar-refractivity contribution < 1.29 is 9.53 Å². The summed E-state index contributed by atoms with van der Waals surface area (Å²) in [4.78, 5) is 38.8. The van der Waals surface area contributed by atoms with E-state index in [-0.39, 0.29) is 18.0 Å². The van der Waals surface area contributed by atoms with Crippen LogP contribution in [0, 0.1) is 0 Å². The number of carbonyl (C=O) groups excluding carboxylic acids is 1. The first-order valence-electron chi connectivity index (χ1n) is 9.09. The minimum atomic E-state index is -0.396. The fraction of sp³-hybridized carbons (Fsp3) is 0.286. The molecule has 1 N–H and O–H groups in total. The van der Waals surface area contributed by atoms with Crippen molar-refractivity contribution in [2.75, 3.05) is 7.11 Å². The number of fused-ring (bicyclic) bond motifs is 1. The molecule has 152 valence electrons. The number of hydrogen-bond acceptors (Lipinski definition) is 5. The number of aromatic nitrogens is 2. The highest BCUT2D eigenvalue weighted by Gasteiger charge is 2.17. The summed E-state index contributed by atoms with van der Waals surface area (Å²) in [6.07, 6.45) is 1.82. The summed E-state index contributed by atoms with van der Waals surface area (Å²) in [6, 6.07) is 8.95. The maximum atomic E-state index is 12.8. The van der Waals surface area contributed by atoms with Crippen molar-refractivity contribution in [2.45, 2.75) is 26.9 Å². The maximum absolute atomic E-state index is 12.8. The number of methoxy groups -OCH3 is 1. The van der Waals surface area contributed by atoms with Gasteiger partial charge in [0.05, 0.1) is 17.4 Å². The van der Waals surface area contributed by atoms with Crippen LogP contribution in [0.1, 0.15) is 29.1 Å². The van der Waals surface area contributed by atoms with Crippen molar-refractivity contribution >= 4 is 27.5 Å². The van der Waals surface area contributed by atoms with Gasteiger partial charge in [0.2, 0.25) is 0 Å². The van der Waals surface area contributed by atoms with Crippen LogP contribution in [-0.4, -0.2) is 22.2 Å². The summed E-state index contributed by atoms with van der Waals surface area (Å²) in [5.41, 5.74) is 1.16. The minimum Gasteiger partial charge on any atom is -0.497 e. The Bertz CT molecular complexity index is 1200. The Hall–Kier alpha value is -3.13. The Morgan fingerprint density at radius 1 is 1.21 bits per heavy atom. The first kappa shape index (κ1) is 20.6. The molecule has 8 heteroatoms. The first-order valence-corrected chi connectivity index (χ1v) is 9.91. The standard InChI is InChI=1S/C21H23N3O4S/c1-13(2)9-10-24-19(26)16-11-17(29-20(16)23(3)21(24)27)18(25)22-12-14-5-7-15(28-4)8-6-14/h5-9,11H,10,12H2,1-4H3,(H,22,25). The number of rotatable bonds is 6. The molecule has 1 amide bonds. The topological polar surface area (TPSA) is 82.3 Å². The van der Waals surface area contributed by atoms with Gasteiger partial charge >= 0.3 is 5.69 Å². The minimum absolute atomic E-state index is 0.207. The van der Waals surface area contributed by atoms with E-state index in [0.29, 0.717) is 21.6 Å². The van der Waals surface area contributed by atoms with E-state index in [2.05, 4.69) is 5.32 Å². The van der Waals surface area contributed by atoms with Crippen molar-refractivity contribution in [1.29, 1.82) is 0 Å². The van der Waals surface area contributed by atoms with Gasteiger partial charge in [-0.05, 0) is 37.6 Å². The van der Waals surface area contributed by atoms with Crippen LogP contribution in [0.2, 0.25) is 0 Å². The highest BCUT2D eigenvalue weighted by Crippen LogP contribution is 2.22. The molecule has 0 spiro atoms. The van der Waals surface area contributed by atoms with E-state index in [1.165, 1.54) is 9.13 Å². The van der Waals surface area contributed by atoms with Gasteiger partial charge in [-0.2, -0.15) is 0 Å². The highest BCUT2D eigenvalue weighted by molar-refractivity contribution is 7.20. The second-order valence-electron chi connectivity index (χ2n) is 6.90. The normalized spacial score (nSPS) is 10.8. The van der Waals surface area contributed by atoms with Crippen molar-refractivity contribution in [1.82, 2.24) is 14.5 Å². The van der Waals surface area contributed by atoms with Crippen LogP contribution >= 0.6 is 11.3 Å². The zero-order chi connectivity index (χ0) is 21.1. The molecule has 0 aliphatic heterocycles. The van der Waals surface area contributed by atoms with E-state index in [4.69, 9.17) is 4.74 Å². The number of carbonyl (C=O) groups is 1. The van der Waals surface area contributed by atoms with E-state index in [0.717, 1.165) is 28.2 Å². The molecule has 0 unspecified atom stereocenters. The Labute approximate surface area is 171 Å². The highest BCUT2D eigenvalue weighted by atomic mass is 32.1. The average Bonchev–Trinajstić information content (AvgIpc) is 3.16. The summed E-state index contributed by atoms with van der Waals surface area (Å²) in [6.45, 7) is 4.37. The first-order chi connectivity index (χ1) is 13.8. The molecule has 0 aliphatic carbocycles. The Kier molecular flexibility index (Phi) is 6.03. The van der Waals surface area contributed by atoms with Gasteiger partial charge in [0.25, 0.3) is 11.5 Å². The van der Waals surface area contributed by atoms with Crippen LogP contribution in [0.3, 0.4) is 0 Å². The monoisotopic (exact) mass is 413 g/mol. The van der Waals surface area contributed by atoms with Crippen molar-refractivity contribution in [3.05, 3.63) is 73.3 Å². The number of aryl methyl sites for hydroxylation is 1. The van der Waals surface area contributed by atoms with Gasteiger partial charge in [-0.3, -0.25) is 18.7 Å². The lowest BCUT2D eigenvalue weighted by Gasteiger charge is -2.06. The summed E-state index contributed by atoms with van der Waals surface area (Å²) < 4.78 is 7.72. The number of allylic oxidation sites excluding steroid dienone is 2. The molecule has 3 aromatic rings. The van der Waals surface area contributed by atoms with Crippen LogP contribution in [0.5, 0.6) is 5.75 Å². The van der Waals surface area contributed by atoms with Crippen LogP contribution in [0.4, 0.5) is 0 Å². The Balaban J connectivity index is 1.88. The third kappa shape index (κ3) is 4.32. The summed E-state index contributed by atoms with van der Waals surface area (Å²) in [5, 5.41) is 3.22. The number of benzene rings is 1. The van der Waals surface area contributed by atoms with Gasteiger partial charge in [-0.25, -0.2) is 4.79 Å². The molecule has 0 saturated heterocycles. The van der Waals surface area contributed by atoms with Crippen molar-refractivity contribution in [3.8, 4) is 5.75 Å². The second-order valence-corrected chi connectivity index (χ2v) is 7.93. The molecule has 0 aliphatic rings. The Morgan fingerprint density at radius 2 is 1.90 bits per heavy atom. The lowest BCUT2D eigenvalue weighted by Crippen LogP contribution is -2.38. The molecule has 0 radical (unpaired) electrons. The third-order valence-corrected chi connectivity index (χ3v) is 5.74. The van der Waals surface area contributed by atoms with Crippen molar-refractivity contribution in [3.63, 3.8) is 0 Å². The summed E-state index contributed by atoms with van der Waals surface area (Å²) >= 11 is 1.14. The number of nitrogens with zero attached hydrogens (tertiary/aromatic N) is 2. The third-order valence-electron chi connectivity index (χ3n) is 4.53. The average molecular weight is 413 g/mol. The maximum Gasteiger partial charge on any atom is 0.332 e. The lowest BCUT2D eigenvalue weighted by molar-refractivity contribution is 0.0955. The molecule has 0 saturated carbocycles. The van der Waals surface area contributed by atoms with Crippen LogP contribution in [-0.2, 0) is 20.1 Å². The molecular weight excluding hydrogens is 390 g/mol. The molecule has 2 heterocycles. The van der Waals surface area contributed by atoms with E-state index in [9.17, 15) is 14.4 Å². The van der Waals surface area contributed by atoms with Crippen LogP contribution in [0.25, 0.3) is 10.2 Å². The van der Waals surface area contributed by atoms with Gasteiger partial charge in [0, 0.05) is 20.1 Å². The molecule has 1 aromatic carbocycles. The number of amides is 1. The quantitative estimate of drug-likeness (QED) is 0.630. The van der Waals surface area contributed by atoms with Gasteiger partial charge in [-0.15, -0.1) is 11.3 Å². The number of thiophene rings is 1. The van der Waals surface area contributed by atoms with E-state index in [1.54, 1.807) is 20.2 Å². The lowest BCUT2D eigenvalue weighted by atomic mass is 10.2. The zero-order valence-corrected chi connectivity index (χ0v) is 17.6. The molecule has 29 heavy (non-hydrogen) atoms. The molecule has 0 bridgehead atoms. The number of nitrogens with one attached hydrogen (secondary N) is 1. The number of hydrogen-bond donors (Lipinski definition) is 1. The van der Waals surface area contributed by atoms with E-state index in [1.807, 2.05) is 44.2 Å². The van der Waals surface area contributed by atoms with E-state index < -0.39 is 5.69 Å². The zero-order valence-electron chi connectivity index (χ0n) is 16.8. The van der Waals surface area contributed by atoms with E-state index >= 15 is 0 Å². The van der Waals surface area contributed by atoms with Crippen molar-refractivity contribution in [2.24, 2.45) is 7.05 Å². The van der Waals surface area contributed by atoms with Gasteiger partial charge < -0.3 is 10.1 Å². The second kappa shape index (κ2) is 8.48. The number of ether oxygens (including phenoxy) is 1. The fourth-order valence-corrected chi connectivity index (χ4v) is 3.86. The molecule has 0 fully saturated rings. The summed E-state index contributed by atoms with van der Waals surface area (Å²) in [5.74, 6) is 0.458. The van der Waals surface area contributed by atoms with Gasteiger partial charge in [-0.1, -0.05) is 23.8 Å². The molecule has 0 atom stereocenters. The summed E-state index contributed by atoms with van der Waals surface area (Å²) in [7, 11) is 3.21. The molecule has 3 rings (SSSR count). The molecular formula is C21H23N3O4S.